The van der Waals surface area contributed by atoms with Gasteiger partial charge in [-0.2, -0.15) is 0 Å². The van der Waals surface area contributed by atoms with Crippen molar-refractivity contribution in [3.63, 3.8) is 0 Å². The fourth-order valence-corrected chi connectivity index (χ4v) is 2.39. The molecule has 0 bridgehead atoms. The van der Waals surface area contributed by atoms with Gasteiger partial charge >= 0.3 is 0 Å². The van der Waals surface area contributed by atoms with Gasteiger partial charge in [0.1, 0.15) is 5.75 Å². The number of methoxy groups -OCH3 is 2. The zero-order valence-corrected chi connectivity index (χ0v) is 13.7. The SMILES string of the molecule is COCc1ccccc1CNC(=O)CCc1cccc(OC)c1. The van der Waals surface area contributed by atoms with Crippen molar-refractivity contribution in [2.75, 3.05) is 14.2 Å². The highest BCUT2D eigenvalue weighted by Crippen LogP contribution is 2.14. The van der Waals surface area contributed by atoms with Crippen LogP contribution in [0.5, 0.6) is 5.75 Å². The summed E-state index contributed by atoms with van der Waals surface area (Å²) < 4.78 is 10.4. The van der Waals surface area contributed by atoms with Gasteiger partial charge in [0.25, 0.3) is 0 Å². The standard InChI is InChI=1S/C19H23NO3/c1-22-14-17-8-4-3-7-16(17)13-20-19(21)11-10-15-6-5-9-18(12-15)23-2/h3-9,12H,10-11,13-14H2,1-2H3,(H,20,21). The van der Waals surface area contributed by atoms with E-state index in [9.17, 15) is 4.79 Å². The smallest absolute Gasteiger partial charge is 0.220 e. The molecule has 1 N–H and O–H groups in total. The van der Waals surface area contributed by atoms with E-state index in [4.69, 9.17) is 9.47 Å². The Morgan fingerprint density at radius 3 is 2.57 bits per heavy atom. The minimum atomic E-state index is 0.0417. The van der Waals surface area contributed by atoms with E-state index < -0.39 is 0 Å². The first kappa shape index (κ1) is 17.0. The lowest BCUT2D eigenvalue weighted by atomic mass is 10.1. The molecule has 4 nitrogen and oxygen atoms in total. The van der Waals surface area contributed by atoms with Crippen LogP contribution in [0.3, 0.4) is 0 Å². The van der Waals surface area contributed by atoms with Crippen molar-refractivity contribution in [3.8, 4) is 5.75 Å². The van der Waals surface area contributed by atoms with E-state index in [0.717, 1.165) is 22.4 Å². The highest BCUT2D eigenvalue weighted by Gasteiger charge is 2.06. The lowest BCUT2D eigenvalue weighted by Crippen LogP contribution is -2.23. The van der Waals surface area contributed by atoms with Crippen LogP contribution in [-0.2, 0) is 29.1 Å². The Balaban J connectivity index is 1.83. The van der Waals surface area contributed by atoms with E-state index >= 15 is 0 Å². The Labute approximate surface area is 137 Å². The largest absolute Gasteiger partial charge is 0.497 e. The molecule has 2 aromatic rings. The highest BCUT2D eigenvalue weighted by atomic mass is 16.5. The van der Waals surface area contributed by atoms with Crippen molar-refractivity contribution in [1.82, 2.24) is 5.32 Å². The van der Waals surface area contributed by atoms with Crippen molar-refractivity contribution >= 4 is 5.91 Å². The van der Waals surface area contributed by atoms with Crippen LogP contribution in [0.25, 0.3) is 0 Å². The third-order valence-corrected chi connectivity index (χ3v) is 3.67. The molecule has 0 aromatic heterocycles. The summed E-state index contributed by atoms with van der Waals surface area (Å²) in [6.07, 6.45) is 1.16. The van der Waals surface area contributed by atoms with Crippen LogP contribution < -0.4 is 10.1 Å². The van der Waals surface area contributed by atoms with Crippen LogP contribution >= 0.6 is 0 Å². The second kappa shape index (κ2) is 8.96. The third-order valence-electron chi connectivity index (χ3n) is 3.67. The van der Waals surface area contributed by atoms with E-state index in [-0.39, 0.29) is 5.91 Å². The predicted octanol–water partition coefficient (Wildman–Crippen LogP) is 3.09. The van der Waals surface area contributed by atoms with Crippen LogP contribution in [0.4, 0.5) is 0 Å². The van der Waals surface area contributed by atoms with Gasteiger partial charge < -0.3 is 14.8 Å². The van der Waals surface area contributed by atoms with Gasteiger partial charge in [0.15, 0.2) is 0 Å². The topological polar surface area (TPSA) is 47.6 Å². The lowest BCUT2D eigenvalue weighted by molar-refractivity contribution is -0.121. The Kier molecular flexibility index (Phi) is 6.63. The lowest BCUT2D eigenvalue weighted by Gasteiger charge is -2.10. The monoisotopic (exact) mass is 313 g/mol. The molecule has 0 aliphatic carbocycles. The van der Waals surface area contributed by atoms with Gasteiger partial charge in [-0.05, 0) is 35.2 Å². The van der Waals surface area contributed by atoms with E-state index in [1.54, 1.807) is 14.2 Å². The molecule has 0 saturated heterocycles. The molecule has 0 aliphatic rings. The number of nitrogens with one attached hydrogen (secondary N) is 1. The quantitative estimate of drug-likeness (QED) is 0.814. The van der Waals surface area contributed by atoms with E-state index in [1.165, 1.54) is 0 Å². The Hall–Kier alpha value is -2.33. The second-order valence-electron chi connectivity index (χ2n) is 5.33. The molecule has 4 heteroatoms. The summed E-state index contributed by atoms with van der Waals surface area (Å²) in [7, 11) is 3.31. The molecular weight excluding hydrogens is 290 g/mol. The summed E-state index contributed by atoms with van der Waals surface area (Å²) in [5.74, 6) is 0.858. The molecule has 1 amide bonds. The Bertz CT molecular complexity index is 640. The van der Waals surface area contributed by atoms with Gasteiger partial charge in [0.05, 0.1) is 13.7 Å². The van der Waals surface area contributed by atoms with Crippen LogP contribution in [0.1, 0.15) is 23.1 Å². The van der Waals surface area contributed by atoms with Gasteiger partial charge in [-0.25, -0.2) is 0 Å². The number of rotatable bonds is 8. The Morgan fingerprint density at radius 1 is 1.04 bits per heavy atom. The van der Waals surface area contributed by atoms with E-state index in [0.29, 0.717) is 26.0 Å². The fourth-order valence-electron chi connectivity index (χ4n) is 2.39. The molecule has 0 atom stereocenters. The first-order chi connectivity index (χ1) is 11.2. The van der Waals surface area contributed by atoms with E-state index in [2.05, 4.69) is 5.32 Å². The maximum absolute atomic E-state index is 12.0. The van der Waals surface area contributed by atoms with Crippen molar-refractivity contribution in [1.29, 1.82) is 0 Å². The van der Waals surface area contributed by atoms with Crippen molar-refractivity contribution in [2.45, 2.75) is 26.0 Å². The third kappa shape index (κ3) is 5.42. The first-order valence-corrected chi connectivity index (χ1v) is 7.68. The van der Waals surface area contributed by atoms with Crippen LogP contribution in [-0.4, -0.2) is 20.1 Å². The van der Waals surface area contributed by atoms with Gasteiger partial charge in [0.2, 0.25) is 5.91 Å². The minimum absolute atomic E-state index is 0.0417. The summed E-state index contributed by atoms with van der Waals surface area (Å²) in [5, 5.41) is 2.97. The average Bonchev–Trinajstić information content (AvgIpc) is 2.59. The molecular formula is C19H23NO3. The number of benzene rings is 2. The number of aryl methyl sites for hydroxylation is 1. The molecule has 0 fully saturated rings. The number of carbonyl (C=O) groups is 1. The zero-order valence-electron chi connectivity index (χ0n) is 13.7. The summed E-state index contributed by atoms with van der Waals surface area (Å²) in [6, 6.07) is 15.8. The molecule has 0 unspecified atom stereocenters. The zero-order chi connectivity index (χ0) is 16.5. The van der Waals surface area contributed by atoms with Gasteiger partial charge in [-0.15, -0.1) is 0 Å². The molecule has 0 saturated carbocycles. The minimum Gasteiger partial charge on any atom is -0.497 e. The molecule has 0 spiro atoms. The normalized spacial score (nSPS) is 10.3. The number of amides is 1. The van der Waals surface area contributed by atoms with Crippen molar-refractivity contribution in [2.24, 2.45) is 0 Å². The molecule has 2 aromatic carbocycles. The van der Waals surface area contributed by atoms with Crippen molar-refractivity contribution < 1.29 is 14.3 Å². The van der Waals surface area contributed by atoms with Crippen molar-refractivity contribution in [3.05, 3.63) is 65.2 Å². The number of hydrogen-bond acceptors (Lipinski definition) is 3. The van der Waals surface area contributed by atoms with Crippen LogP contribution in [0.2, 0.25) is 0 Å². The van der Waals surface area contributed by atoms with E-state index in [1.807, 2.05) is 48.5 Å². The summed E-state index contributed by atoms with van der Waals surface area (Å²) in [5.41, 5.74) is 3.28. The maximum atomic E-state index is 12.0. The number of hydrogen-bond donors (Lipinski definition) is 1. The summed E-state index contributed by atoms with van der Waals surface area (Å²) in [4.78, 5) is 12.0. The van der Waals surface area contributed by atoms with Crippen LogP contribution in [0.15, 0.2) is 48.5 Å². The summed E-state index contributed by atoms with van der Waals surface area (Å²) >= 11 is 0. The summed E-state index contributed by atoms with van der Waals surface area (Å²) in [6.45, 7) is 1.08. The predicted molar refractivity (Wildman–Crippen MR) is 90.3 cm³/mol. The molecule has 0 heterocycles. The number of carbonyl (C=O) groups excluding carboxylic acids is 1. The first-order valence-electron chi connectivity index (χ1n) is 7.68. The maximum Gasteiger partial charge on any atom is 0.220 e. The molecule has 2 rings (SSSR count). The molecule has 0 aliphatic heterocycles. The Morgan fingerprint density at radius 2 is 1.83 bits per heavy atom. The number of ether oxygens (including phenoxy) is 2. The van der Waals surface area contributed by atoms with Gasteiger partial charge in [0, 0.05) is 20.1 Å². The second-order valence-corrected chi connectivity index (χ2v) is 5.33. The molecule has 23 heavy (non-hydrogen) atoms. The van der Waals surface area contributed by atoms with Crippen LogP contribution in [0, 0.1) is 0 Å². The molecule has 122 valence electrons. The average molecular weight is 313 g/mol. The fraction of sp³-hybridized carbons (Fsp3) is 0.316. The van der Waals surface area contributed by atoms with Gasteiger partial charge in [-0.3, -0.25) is 4.79 Å². The van der Waals surface area contributed by atoms with Gasteiger partial charge in [-0.1, -0.05) is 36.4 Å². The molecule has 0 radical (unpaired) electrons. The highest BCUT2D eigenvalue weighted by molar-refractivity contribution is 5.76.